The van der Waals surface area contributed by atoms with Gasteiger partial charge < -0.3 is 9.80 Å². The fraction of sp³-hybridized carbons (Fsp3) is 0.216. The molecule has 11 aromatic rings. The second kappa shape index (κ2) is 17.3. The average molecular weight is 997 g/mol. The molecule has 0 amide bonds. The molecule has 3 heteroatoms. The van der Waals surface area contributed by atoms with Crippen molar-refractivity contribution in [3.8, 4) is 22.3 Å². The van der Waals surface area contributed by atoms with E-state index in [1.807, 2.05) is 0 Å². The molecule has 0 fully saturated rings. The monoisotopic (exact) mass is 997 g/mol. The van der Waals surface area contributed by atoms with Gasteiger partial charge in [0.25, 0.3) is 6.71 Å². The number of anilines is 6. The highest BCUT2D eigenvalue weighted by molar-refractivity contribution is 7.00. The Bertz CT molecular complexity index is 3900. The van der Waals surface area contributed by atoms with Gasteiger partial charge in [0.15, 0.2) is 0 Å². The number of benzene rings is 11. The van der Waals surface area contributed by atoms with Crippen LogP contribution in [0.2, 0.25) is 0 Å². The molecule has 13 rings (SSSR count). The molecule has 2 aliphatic rings. The lowest BCUT2D eigenvalue weighted by Gasteiger charge is -2.45. The van der Waals surface area contributed by atoms with Crippen LogP contribution in [0, 0.1) is 0 Å². The van der Waals surface area contributed by atoms with Crippen molar-refractivity contribution in [1.82, 2.24) is 0 Å². The molecule has 2 heterocycles. The summed E-state index contributed by atoms with van der Waals surface area (Å²) < 4.78 is 0. The van der Waals surface area contributed by atoms with Crippen LogP contribution in [0.15, 0.2) is 200 Å². The quantitative estimate of drug-likeness (QED) is 0.128. The Morgan fingerprint density at radius 3 is 0.922 bits per heavy atom. The van der Waals surface area contributed by atoms with Crippen LogP contribution in [0.3, 0.4) is 0 Å². The van der Waals surface area contributed by atoms with Crippen molar-refractivity contribution in [2.75, 3.05) is 9.80 Å². The molecule has 77 heavy (non-hydrogen) atoms. The van der Waals surface area contributed by atoms with E-state index in [2.05, 4.69) is 293 Å². The summed E-state index contributed by atoms with van der Waals surface area (Å²) in [6.45, 7) is 28.2. The third-order valence-electron chi connectivity index (χ3n) is 16.9. The van der Waals surface area contributed by atoms with Crippen molar-refractivity contribution in [2.45, 2.75) is 105 Å². The van der Waals surface area contributed by atoms with E-state index in [1.165, 1.54) is 138 Å². The highest BCUT2D eigenvalue weighted by atomic mass is 15.2. The molecule has 0 aliphatic carbocycles. The van der Waals surface area contributed by atoms with E-state index in [0.717, 1.165) is 0 Å². The zero-order valence-electron chi connectivity index (χ0n) is 47.0. The average Bonchev–Trinajstić information content (AvgIpc) is 3.59. The Morgan fingerprint density at radius 1 is 0.260 bits per heavy atom. The lowest BCUT2D eigenvalue weighted by atomic mass is 9.33. The standard InChI is InChI=1S/C74H69BN2/c1-71(2,3)58-40-59(72(4,5)6)43-62(42-58)76-66-36-55-32-51-24-18-16-22-49(51)30-53(55)34-64(66)75-65-35-54-31-50-23-17-19-25-52(50)33-56(54)37-67(65)77(63-44-60(73(7,8)9)41-61(45-63)74(10,11)12)69-39-57(38-68(76)70(69)75)48-28-26-47(27-29-48)46-20-14-13-15-21-46/h13-45H,1-12H3. The van der Waals surface area contributed by atoms with E-state index >= 15 is 0 Å². The Hall–Kier alpha value is -7.88. The molecule has 11 aromatic carbocycles. The molecule has 0 spiro atoms. The number of fused-ring (bicyclic) bond motifs is 8. The summed E-state index contributed by atoms with van der Waals surface area (Å²) in [6.07, 6.45) is 0. The second-order valence-electron chi connectivity index (χ2n) is 26.4. The van der Waals surface area contributed by atoms with Gasteiger partial charge in [0, 0.05) is 34.1 Å². The molecular weight excluding hydrogens is 928 g/mol. The molecule has 2 nitrogen and oxygen atoms in total. The topological polar surface area (TPSA) is 6.48 Å². The van der Waals surface area contributed by atoms with E-state index in [1.54, 1.807) is 0 Å². The fourth-order valence-corrected chi connectivity index (χ4v) is 12.3. The van der Waals surface area contributed by atoms with Gasteiger partial charge in [-0.25, -0.2) is 0 Å². The molecule has 0 saturated carbocycles. The van der Waals surface area contributed by atoms with Crippen LogP contribution in [-0.4, -0.2) is 6.71 Å². The predicted molar refractivity (Wildman–Crippen MR) is 336 cm³/mol. The summed E-state index contributed by atoms with van der Waals surface area (Å²) in [5.74, 6) is 0. The molecule has 0 radical (unpaired) electrons. The summed E-state index contributed by atoms with van der Waals surface area (Å²) in [7, 11) is 0. The van der Waals surface area contributed by atoms with Gasteiger partial charge in [-0.1, -0.05) is 210 Å². The van der Waals surface area contributed by atoms with Crippen LogP contribution in [0.4, 0.5) is 34.1 Å². The van der Waals surface area contributed by atoms with Gasteiger partial charge in [-0.2, -0.15) is 0 Å². The van der Waals surface area contributed by atoms with Crippen LogP contribution in [0.1, 0.15) is 105 Å². The Kier molecular flexibility index (Phi) is 11.0. The van der Waals surface area contributed by atoms with Crippen LogP contribution < -0.4 is 26.2 Å². The van der Waals surface area contributed by atoms with Gasteiger partial charge >= 0.3 is 0 Å². The molecule has 0 bridgehead atoms. The third kappa shape index (κ3) is 8.42. The lowest BCUT2D eigenvalue weighted by Crippen LogP contribution is -2.61. The van der Waals surface area contributed by atoms with Gasteiger partial charge in [-0.15, -0.1) is 0 Å². The lowest BCUT2D eigenvalue weighted by molar-refractivity contribution is 0.568. The van der Waals surface area contributed by atoms with Gasteiger partial charge in [-0.3, -0.25) is 0 Å². The first kappa shape index (κ1) is 48.7. The normalized spacial score (nSPS) is 13.6. The van der Waals surface area contributed by atoms with Crippen LogP contribution >= 0.6 is 0 Å². The minimum atomic E-state index is -0.0922. The Labute approximate surface area is 457 Å². The van der Waals surface area contributed by atoms with Crippen LogP contribution in [-0.2, 0) is 21.7 Å². The zero-order valence-corrected chi connectivity index (χ0v) is 47.0. The van der Waals surface area contributed by atoms with Crippen molar-refractivity contribution in [3.05, 3.63) is 222 Å². The van der Waals surface area contributed by atoms with E-state index in [-0.39, 0.29) is 28.4 Å². The molecule has 0 aromatic heterocycles. The third-order valence-corrected chi connectivity index (χ3v) is 16.9. The van der Waals surface area contributed by atoms with E-state index < -0.39 is 0 Å². The first-order valence-electron chi connectivity index (χ1n) is 27.8. The van der Waals surface area contributed by atoms with Gasteiger partial charge in [-0.05, 0) is 198 Å². The van der Waals surface area contributed by atoms with Crippen LogP contribution in [0.25, 0.3) is 65.3 Å². The van der Waals surface area contributed by atoms with Crippen molar-refractivity contribution in [1.29, 1.82) is 0 Å². The number of hydrogen-bond acceptors (Lipinski definition) is 2. The highest BCUT2D eigenvalue weighted by Crippen LogP contribution is 2.50. The minimum absolute atomic E-state index is 0.0838. The van der Waals surface area contributed by atoms with Crippen molar-refractivity contribution < 1.29 is 0 Å². The second-order valence-corrected chi connectivity index (χ2v) is 26.4. The summed E-state index contributed by atoms with van der Waals surface area (Å²) in [5.41, 5.74) is 21.0. The Morgan fingerprint density at radius 2 is 0.571 bits per heavy atom. The van der Waals surface area contributed by atoms with Gasteiger partial charge in [0.1, 0.15) is 0 Å². The zero-order chi connectivity index (χ0) is 53.5. The minimum Gasteiger partial charge on any atom is -0.311 e. The smallest absolute Gasteiger partial charge is 0.252 e. The highest BCUT2D eigenvalue weighted by Gasteiger charge is 2.45. The number of rotatable bonds is 4. The first-order chi connectivity index (χ1) is 36.6. The number of hydrogen-bond donors (Lipinski definition) is 0. The summed E-state index contributed by atoms with van der Waals surface area (Å²) >= 11 is 0. The molecular formula is C74H69BN2. The van der Waals surface area contributed by atoms with Crippen molar-refractivity contribution >= 4 is 100 Å². The maximum absolute atomic E-state index is 2.66. The van der Waals surface area contributed by atoms with Gasteiger partial charge in [0.2, 0.25) is 0 Å². The summed E-state index contributed by atoms with van der Waals surface area (Å²) in [5, 5.41) is 10.00. The maximum Gasteiger partial charge on any atom is 0.252 e. The molecule has 2 aliphatic heterocycles. The van der Waals surface area contributed by atoms with E-state index in [4.69, 9.17) is 0 Å². The SMILES string of the molecule is CC(C)(C)c1cc(N2c3cc4cc5ccccc5cc4cc3B3c4cc5cc6ccccc6cc5cc4N(c4cc(C(C)(C)C)cc(C(C)(C)C)c4)c4cc(-c5ccc(-c6ccccc6)cc5)cc2c43)cc(C(C)(C)C)c1. The van der Waals surface area contributed by atoms with Crippen molar-refractivity contribution in [3.63, 3.8) is 0 Å². The largest absolute Gasteiger partial charge is 0.311 e. The summed E-state index contributed by atoms with van der Waals surface area (Å²) in [6, 6.07) is 77.5. The first-order valence-corrected chi connectivity index (χ1v) is 27.8. The fourth-order valence-electron chi connectivity index (χ4n) is 12.3. The predicted octanol–water partition coefficient (Wildman–Crippen LogP) is 18.9. The molecule has 0 unspecified atom stereocenters. The van der Waals surface area contributed by atoms with Crippen molar-refractivity contribution in [2.24, 2.45) is 0 Å². The summed E-state index contributed by atoms with van der Waals surface area (Å²) in [4.78, 5) is 5.32. The van der Waals surface area contributed by atoms with Gasteiger partial charge in [0.05, 0.1) is 0 Å². The molecule has 0 saturated heterocycles. The number of nitrogens with zero attached hydrogens (tertiary/aromatic N) is 2. The molecule has 0 atom stereocenters. The van der Waals surface area contributed by atoms with Crippen LogP contribution in [0.5, 0.6) is 0 Å². The van der Waals surface area contributed by atoms with E-state index in [0.29, 0.717) is 0 Å². The molecule has 378 valence electrons. The Balaban J connectivity index is 1.20. The van der Waals surface area contributed by atoms with E-state index in [9.17, 15) is 0 Å². The maximum atomic E-state index is 2.66. The molecule has 0 N–H and O–H groups in total.